The number of nitrogens with zero attached hydrogens (tertiary/aromatic N) is 1. The zero-order chi connectivity index (χ0) is 17.8. The number of benzene rings is 2. The highest BCUT2D eigenvalue weighted by molar-refractivity contribution is 6.35. The van der Waals surface area contributed by atoms with Crippen molar-refractivity contribution in [3.63, 3.8) is 0 Å². The predicted octanol–water partition coefficient (Wildman–Crippen LogP) is 3.90. The van der Waals surface area contributed by atoms with Gasteiger partial charge in [-0.3, -0.25) is 4.79 Å². The van der Waals surface area contributed by atoms with Gasteiger partial charge in [0.05, 0.1) is 16.3 Å². The smallest absolute Gasteiger partial charge is 0.277 e. The van der Waals surface area contributed by atoms with Crippen molar-refractivity contribution in [1.29, 1.82) is 0 Å². The summed E-state index contributed by atoms with van der Waals surface area (Å²) in [6, 6.07) is 8.01. The molecule has 0 atom stereocenters. The fourth-order valence-corrected chi connectivity index (χ4v) is 2.64. The van der Waals surface area contributed by atoms with Crippen LogP contribution in [-0.4, -0.2) is 25.5 Å². The van der Waals surface area contributed by atoms with Gasteiger partial charge in [0.15, 0.2) is 18.1 Å². The molecule has 1 aliphatic rings. The van der Waals surface area contributed by atoms with Crippen molar-refractivity contribution in [2.75, 3.05) is 13.4 Å². The van der Waals surface area contributed by atoms with Gasteiger partial charge in [-0.2, -0.15) is 5.10 Å². The monoisotopic (exact) mass is 400 g/mol. The third-order valence-electron chi connectivity index (χ3n) is 3.14. The molecule has 2 aromatic carbocycles. The van der Waals surface area contributed by atoms with E-state index in [2.05, 4.69) is 10.5 Å². The molecule has 0 aromatic heterocycles. The second kappa shape index (κ2) is 7.82. The molecule has 2 aromatic rings. The minimum Gasteiger partial charge on any atom is -0.482 e. The second-order valence-corrected chi connectivity index (χ2v) is 6.13. The molecule has 25 heavy (non-hydrogen) atoms. The van der Waals surface area contributed by atoms with Crippen LogP contribution in [0.5, 0.6) is 17.2 Å². The maximum Gasteiger partial charge on any atom is 0.277 e. The lowest BCUT2D eigenvalue weighted by Gasteiger charge is -2.07. The van der Waals surface area contributed by atoms with E-state index < -0.39 is 5.91 Å². The topological polar surface area (TPSA) is 69.2 Å². The molecule has 0 radical (unpaired) electrons. The van der Waals surface area contributed by atoms with E-state index >= 15 is 0 Å². The molecule has 9 heteroatoms. The van der Waals surface area contributed by atoms with Crippen LogP contribution < -0.4 is 19.6 Å². The molecule has 6 nitrogen and oxygen atoms in total. The molecule has 1 aliphatic heterocycles. The third-order valence-corrected chi connectivity index (χ3v) is 4.00. The first-order valence-corrected chi connectivity index (χ1v) is 8.15. The van der Waals surface area contributed by atoms with Crippen LogP contribution in [0.15, 0.2) is 35.4 Å². The van der Waals surface area contributed by atoms with Crippen LogP contribution in [0.4, 0.5) is 0 Å². The largest absolute Gasteiger partial charge is 0.482 e. The normalized spacial score (nSPS) is 12.4. The highest BCUT2D eigenvalue weighted by Crippen LogP contribution is 2.36. The number of amides is 1. The van der Waals surface area contributed by atoms with Crippen LogP contribution in [0.25, 0.3) is 0 Å². The lowest BCUT2D eigenvalue weighted by molar-refractivity contribution is -0.123. The Labute approximate surface area is 158 Å². The Balaban J connectivity index is 1.54. The Hall–Kier alpha value is -2.15. The molecule has 3 rings (SSSR count). The van der Waals surface area contributed by atoms with Gasteiger partial charge in [0.1, 0.15) is 5.75 Å². The maximum absolute atomic E-state index is 11.8. The van der Waals surface area contributed by atoms with E-state index in [0.29, 0.717) is 37.9 Å². The summed E-state index contributed by atoms with van der Waals surface area (Å²) in [6.07, 6.45) is 1.40. The summed E-state index contributed by atoms with van der Waals surface area (Å²) >= 11 is 17.8. The van der Waals surface area contributed by atoms with Crippen molar-refractivity contribution in [2.24, 2.45) is 5.10 Å². The molecular weight excluding hydrogens is 391 g/mol. The standard InChI is InChI=1S/C16H11Cl3N2O4/c17-10-1-2-13(12(19)4-10)23-7-16(22)21-20-6-9-3-14-15(5-11(9)18)25-8-24-14/h1-6H,7-8H2,(H,21,22)/b20-6+. The molecule has 0 saturated carbocycles. The van der Waals surface area contributed by atoms with Gasteiger partial charge < -0.3 is 14.2 Å². The van der Waals surface area contributed by atoms with Gasteiger partial charge in [-0.25, -0.2) is 5.43 Å². The van der Waals surface area contributed by atoms with Gasteiger partial charge in [-0.1, -0.05) is 34.8 Å². The summed E-state index contributed by atoms with van der Waals surface area (Å²) in [5, 5.41) is 5.05. The second-order valence-electron chi connectivity index (χ2n) is 4.88. The van der Waals surface area contributed by atoms with Gasteiger partial charge in [-0.15, -0.1) is 0 Å². The molecular formula is C16H11Cl3N2O4. The zero-order valence-electron chi connectivity index (χ0n) is 12.6. The van der Waals surface area contributed by atoms with Gasteiger partial charge in [0.2, 0.25) is 6.79 Å². The molecule has 0 aliphatic carbocycles. The van der Waals surface area contributed by atoms with Crippen LogP contribution >= 0.6 is 34.8 Å². The minimum atomic E-state index is -0.459. The van der Waals surface area contributed by atoms with Gasteiger partial charge in [-0.05, 0) is 24.3 Å². The number of carbonyl (C=O) groups is 1. The Bertz CT molecular complexity index is 842. The van der Waals surface area contributed by atoms with Crippen LogP contribution in [0, 0.1) is 0 Å². The van der Waals surface area contributed by atoms with Crippen molar-refractivity contribution in [3.8, 4) is 17.2 Å². The molecule has 1 N–H and O–H groups in total. The number of ether oxygens (including phenoxy) is 3. The number of rotatable bonds is 5. The Morgan fingerprint density at radius 3 is 2.68 bits per heavy atom. The van der Waals surface area contributed by atoms with Gasteiger partial charge >= 0.3 is 0 Å². The molecule has 130 valence electrons. The number of hydrazone groups is 1. The molecule has 0 bridgehead atoms. The number of nitrogens with one attached hydrogen (secondary N) is 1. The average Bonchev–Trinajstić information content (AvgIpc) is 3.01. The van der Waals surface area contributed by atoms with E-state index in [1.54, 1.807) is 24.3 Å². The molecule has 0 unspecified atom stereocenters. The fourth-order valence-electron chi connectivity index (χ4n) is 1.97. The summed E-state index contributed by atoms with van der Waals surface area (Å²) in [7, 11) is 0. The number of hydrogen-bond acceptors (Lipinski definition) is 5. The number of halogens is 3. The van der Waals surface area contributed by atoms with E-state index in [1.165, 1.54) is 12.3 Å². The van der Waals surface area contributed by atoms with Crippen LogP contribution in [0.2, 0.25) is 15.1 Å². The quantitative estimate of drug-likeness (QED) is 0.609. The summed E-state index contributed by atoms with van der Waals surface area (Å²) < 4.78 is 15.8. The van der Waals surface area contributed by atoms with Crippen molar-refractivity contribution < 1.29 is 19.0 Å². The zero-order valence-corrected chi connectivity index (χ0v) is 14.9. The molecule has 0 saturated heterocycles. The van der Waals surface area contributed by atoms with E-state index in [1.807, 2.05) is 0 Å². The van der Waals surface area contributed by atoms with Crippen LogP contribution in [-0.2, 0) is 4.79 Å². The highest BCUT2D eigenvalue weighted by Gasteiger charge is 2.15. The summed E-state index contributed by atoms with van der Waals surface area (Å²) in [5.41, 5.74) is 2.91. The van der Waals surface area contributed by atoms with Crippen molar-refractivity contribution in [1.82, 2.24) is 5.43 Å². The van der Waals surface area contributed by atoms with Crippen molar-refractivity contribution in [3.05, 3.63) is 51.0 Å². The van der Waals surface area contributed by atoms with Gasteiger partial charge in [0, 0.05) is 16.7 Å². The first kappa shape index (κ1) is 17.7. The summed E-state index contributed by atoms with van der Waals surface area (Å²) in [6.45, 7) is -0.110. The minimum absolute atomic E-state index is 0.146. The van der Waals surface area contributed by atoms with Crippen LogP contribution in [0.1, 0.15) is 5.56 Å². The number of fused-ring (bicyclic) bond motifs is 1. The van der Waals surface area contributed by atoms with Crippen molar-refractivity contribution in [2.45, 2.75) is 0 Å². The van der Waals surface area contributed by atoms with Crippen LogP contribution in [0.3, 0.4) is 0 Å². The first-order chi connectivity index (χ1) is 12.0. The number of carbonyl (C=O) groups excluding carboxylic acids is 1. The van der Waals surface area contributed by atoms with E-state index in [-0.39, 0.29) is 13.4 Å². The summed E-state index contributed by atoms with van der Waals surface area (Å²) in [5.74, 6) is 1.03. The van der Waals surface area contributed by atoms with E-state index in [4.69, 9.17) is 49.0 Å². The highest BCUT2D eigenvalue weighted by atomic mass is 35.5. The molecule has 1 amide bonds. The fraction of sp³-hybridized carbons (Fsp3) is 0.125. The summed E-state index contributed by atoms with van der Waals surface area (Å²) in [4.78, 5) is 11.8. The Kier molecular flexibility index (Phi) is 5.53. The lowest BCUT2D eigenvalue weighted by atomic mass is 10.2. The predicted molar refractivity (Wildman–Crippen MR) is 95.3 cm³/mol. The molecule has 1 heterocycles. The number of hydrogen-bond donors (Lipinski definition) is 1. The average molecular weight is 402 g/mol. The SMILES string of the molecule is O=C(COc1ccc(Cl)cc1Cl)N/N=C/c1cc2c(cc1Cl)OCO2. The molecule has 0 spiro atoms. The lowest BCUT2D eigenvalue weighted by Crippen LogP contribution is -2.24. The first-order valence-electron chi connectivity index (χ1n) is 7.02. The third kappa shape index (κ3) is 4.48. The maximum atomic E-state index is 11.8. The molecule has 0 fully saturated rings. The van der Waals surface area contributed by atoms with E-state index in [9.17, 15) is 4.79 Å². The van der Waals surface area contributed by atoms with E-state index in [0.717, 1.165) is 0 Å². The van der Waals surface area contributed by atoms with Gasteiger partial charge in [0.25, 0.3) is 5.91 Å². The Morgan fingerprint density at radius 1 is 1.16 bits per heavy atom. The van der Waals surface area contributed by atoms with Crippen molar-refractivity contribution >= 4 is 46.9 Å². The Morgan fingerprint density at radius 2 is 1.92 bits per heavy atom.